The van der Waals surface area contributed by atoms with Gasteiger partial charge in [-0.1, -0.05) is 158 Å². The highest BCUT2D eigenvalue weighted by Gasteiger charge is 2.18. The van der Waals surface area contributed by atoms with E-state index in [4.69, 9.17) is 0 Å². The smallest absolute Gasteiger partial charge is 0.00237 e. The number of aryl methyl sites for hydroxylation is 1. The largest absolute Gasteiger partial charge is 0.0622 e. The van der Waals surface area contributed by atoms with Crippen LogP contribution in [0.5, 0.6) is 0 Å². The van der Waals surface area contributed by atoms with Crippen molar-refractivity contribution in [1.82, 2.24) is 0 Å². The Balaban J connectivity index is 1.36. The third kappa shape index (κ3) is 4.31. The van der Waals surface area contributed by atoms with Crippen molar-refractivity contribution >= 4 is 32.3 Å². The maximum atomic E-state index is 2.40. The van der Waals surface area contributed by atoms with E-state index in [0.717, 1.165) is 0 Å². The summed E-state index contributed by atoms with van der Waals surface area (Å²) in [6.45, 7) is 2.21. The van der Waals surface area contributed by atoms with Crippen molar-refractivity contribution in [2.75, 3.05) is 0 Å². The molecule has 0 spiro atoms. The van der Waals surface area contributed by atoms with Crippen LogP contribution < -0.4 is 0 Å². The summed E-state index contributed by atoms with van der Waals surface area (Å²) in [5, 5.41) is 7.65. The van der Waals surface area contributed by atoms with Crippen molar-refractivity contribution in [3.63, 3.8) is 0 Å². The van der Waals surface area contributed by atoms with Gasteiger partial charge in [0.2, 0.25) is 0 Å². The summed E-state index contributed by atoms with van der Waals surface area (Å²) in [4.78, 5) is 0. The molecule has 0 heterocycles. The summed E-state index contributed by atoms with van der Waals surface area (Å²) < 4.78 is 0. The van der Waals surface area contributed by atoms with Gasteiger partial charge >= 0.3 is 0 Å². The van der Waals surface area contributed by atoms with E-state index in [1.807, 2.05) is 0 Å². The van der Waals surface area contributed by atoms with Crippen LogP contribution in [0.3, 0.4) is 0 Å². The molecule has 0 saturated heterocycles. The van der Waals surface area contributed by atoms with Crippen LogP contribution in [0.2, 0.25) is 0 Å². The quantitative estimate of drug-likeness (QED) is 0.193. The van der Waals surface area contributed by atoms with Crippen molar-refractivity contribution in [3.8, 4) is 44.5 Å². The fraction of sp³-hybridized carbons (Fsp3) is 0.0233. The molecule has 8 rings (SSSR count). The van der Waals surface area contributed by atoms with Gasteiger partial charge in [0.15, 0.2) is 0 Å². The Morgan fingerprint density at radius 1 is 0.302 bits per heavy atom. The lowest BCUT2D eigenvalue weighted by molar-refractivity contribution is 1.47. The van der Waals surface area contributed by atoms with Crippen LogP contribution in [0.15, 0.2) is 164 Å². The van der Waals surface area contributed by atoms with E-state index in [2.05, 4.69) is 171 Å². The highest BCUT2D eigenvalue weighted by Crippen LogP contribution is 2.45. The van der Waals surface area contributed by atoms with E-state index in [1.54, 1.807) is 0 Å². The molecule has 0 N–H and O–H groups in total. The molecule has 8 aromatic carbocycles. The van der Waals surface area contributed by atoms with E-state index in [0.29, 0.717) is 0 Å². The molecule has 0 atom stereocenters. The number of benzene rings is 8. The molecule has 0 aliphatic heterocycles. The number of fused-ring (bicyclic) bond motifs is 3. The van der Waals surface area contributed by atoms with Crippen LogP contribution in [0.4, 0.5) is 0 Å². The summed E-state index contributed by atoms with van der Waals surface area (Å²) in [6, 6.07) is 59.8. The second kappa shape index (κ2) is 10.4. The summed E-state index contributed by atoms with van der Waals surface area (Å²) >= 11 is 0. The molecule has 0 unspecified atom stereocenters. The van der Waals surface area contributed by atoms with Gasteiger partial charge in [-0.3, -0.25) is 0 Å². The molecule has 43 heavy (non-hydrogen) atoms. The predicted molar refractivity (Wildman–Crippen MR) is 185 cm³/mol. The molecule has 0 amide bonds. The lowest BCUT2D eigenvalue weighted by atomic mass is 9.84. The molecule has 0 bridgehead atoms. The molecule has 202 valence electrons. The number of hydrogen-bond acceptors (Lipinski definition) is 0. The monoisotopic (exact) mass is 546 g/mol. The van der Waals surface area contributed by atoms with Gasteiger partial charge in [-0.15, -0.1) is 0 Å². The van der Waals surface area contributed by atoms with Gasteiger partial charge in [-0.25, -0.2) is 0 Å². The summed E-state index contributed by atoms with van der Waals surface area (Å²) in [7, 11) is 0. The molecule has 0 heteroatoms. The van der Waals surface area contributed by atoms with E-state index < -0.39 is 0 Å². The maximum absolute atomic E-state index is 2.40. The third-order valence-corrected chi connectivity index (χ3v) is 8.82. The van der Waals surface area contributed by atoms with Gasteiger partial charge in [0.1, 0.15) is 0 Å². The lowest BCUT2D eigenvalue weighted by Crippen LogP contribution is -1.92. The third-order valence-electron chi connectivity index (χ3n) is 8.82. The topological polar surface area (TPSA) is 0 Å². The van der Waals surface area contributed by atoms with E-state index in [1.165, 1.54) is 82.4 Å². The minimum absolute atomic E-state index is 1.23. The Morgan fingerprint density at radius 3 is 1.49 bits per heavy atom. The van der Waals surface area contributed by atoms with Gasteiger partial charge in [0, 0.05) is 0 Å². The van der Waals surface area contributed by atoms with Crippen LogP contribution in [-0.2, 0) is 0 Å². The molecule has 8 aromatic rings. The minimum Gasteiger partial charge on any atom is -0.0622 e. The first-order valence-electron chi connectivity index (χ1n) is 14.9. The van der Waals surface area contributed by atoms with Gasteiger partial charge in [0.25, 0.3) is 0 Å². The van der Waals surface area contributed by atoms with Gasteiger partial charge in [0.05, 0.1) is 0 Å². The van der Waals surface area contributed by atoms with Crippen molar-refractivity contribution in [3.05, 3.63) is 169 Å². The Bertz CT molecular complexity index is 2210. The first-order valence-corrected chi connectivity index (χ1v) is 14.9. The van der Waals surface area contributed by atoms with Crippen molar-refractivity contribution in [1.29, 1.82) is 0 Å². The minimum atomic E-state index is 1.23. The molecular formula is C43H30. The van der Waals surface area contributed by atoms with Crippen molar-refractivity contribution in [2.45, 2.75) is 6.92 Å². The summed E-state index contributed by atoms with van der Waals surface area (Å²) in [5.74, 6) is 0. The fourth-order valence-corrected chi connectivity index (χ4v) is 6.74. The van der Waals surface area contributed by atoms with E-state index >= 15 is 0 Å². The van der Waals surface area contributed by atoms with Crippen LogP contribution in [0.25, 0.3) is 76.8 Å². The average Bonchev–Trinajstić information content (AvgIpc) is 3.07. The Labute approximate surface area is 252 Å². The normalized spacial score (nSPS) is 11.4. The zero-order chi connectivity index (χ0) is 28.8. The number of rotatable bonds is 4. The van der Waals surface area contributed by atoms with Crippen LogP contribution in [0.1, 0.15) is 5.56 Å². The Hall–Kier alpha value is -5.46. The second-order valence-corrected chi connectivity index (χ2v) is 11.3. The first-order chi connectivity index (χ1) is 21.3. The summed E-state index contributed by atoms with van der Waals surface area (Å²) in [6.07, 6.45) is 0. The Morgan fingerprint density at radius 2 is 0.814 bits per heavy atom. The van der Waals surface area contributed by atoms with Crippen LogP contribution in [0, 0.1) is 6.92 Å². The van der Waals surface area contributed by atoms with E-state index in [-0.39, 0.29) is 0 Å². The first kappa shape index (κ1) is 25.3. The summed E-state index contributed by atoms with van der Waals surface area (Å²) in [5.41, 5.74) is 11.4. The second-order valence-electron chi connectivity index (χ2n) is 11.3. The van der Waals surface area contributed by atoms with Gasteiger partial charge in [-0.2, -0.15) is 0 Å². The number of hydrogen-bond donors (Lipinski definition) is 0. The molecule has 0 saturated carbocycles. The van der Waals surface area contributed by atoms with Crippen LogP contribution in [-0.4, -0.2) is 0 Å². The predicted octanol–water partition coefficient (Wildman–Crippen LogP) is 12.1. The van der Waals surface area contributed by atoms with Gasteiger partial charge in [-0.05, 0) is 95.4 Å². The Kier molecular flexibility index (Phi) is 6.12. The highest BCUT2D eigenvalue weighted by atomic mass is 14.2. The van der Waals surface area contributed by atoms with Gasteiger partial charge < -0.3 is 0 Å². The molecule has 0 radical (unpaired) electrons. The van der Waals surface area contributed by atoms with Crippen molar-refractivity contribution < 1.29 is 0 Å². The lowest BCUT2D eigenvalue weighted by Gasteiger charge is -2.19. The highest BCUT2D eigenvalue weighted by molar-refractivity contribution is 6.22. The molecule has 0 aliphatic rings. The molecular weight excluding hydrogens is 516 g/mol. The zero-order valence-corrected chi connectivity index (χ0v) is 24.1. The fourth-order valence-electron chi connectivity index (χ4n) is 6.74. The SMILES string of the molecule is Cc1ccccc1-c1c2ccccc2c(-c2ccc3cccc(-c4ccc(-c5ccccc5)cc4)c3c2)c2ccccc12. The van der Waals surface area contributed by atoms with Crippen molar-refractivity contribution in [2.24, 2.45) is 0 Å². The zero-order valence-electron chi connectivity index (χ0n) is 24.1. The molecule has 0 nitrogen and oxygen atoms in total. The maximum Gasteiger partial charge on any atom is -0.00237 e. The molecule has 0 aromatic heterocycles. The molecule has 0 fully saturated rings. The standard InChI is InChI=1S/C43H30/c1-29-12-5-6-16-35(29)43-39-19-9-7-17-37(39)42(38-18-8-10-20-40(38)43)34-27-26-32-15-11-21-36(41(32)28-34)33-24-22-31(23-25-33)30-13-3-2-4-14-30/h2-28H,1H3. The molecule has 0 aliphatic carbocycles. The van der Waals surface area contributed by atoms with Crippen LogP contribution >= 0.6 is 0 Å². The average molecular weight is 547 g/mol. The van der Waals surface area contributed by atoms with E-state index in [9.17, 15) is 0 Å².